The molecule has 176 valence electrons. The molecule has 0 amide bonds. The molecule has 34 heavy (non-hydrogen) atoms. The monoisotopic (exact) mass is 494 g/mol. The van der Waals surface area contributed by atoms with Crippen LogP contribution in [0.5, 0.6) is 0 Å². The van der Waals surface area contributed by atoms with Crippen molar-refractivity contribution >= 4 is 28.5 Å². The van der Waals surface area contributed by atoms with Gasteiger partial charge in [-0.15, -0.1) is 5.10 Å². The number of rotatable bonds is 5. The minimum Gasteiger partial charge on any atom is -0.462 e. The summed E-state index contributed by atoms with van der Waals surface area (Å²) in [7, 11) is 0. The van der Waals surface area contributed by atoms with Crippen LogP contribution in [-0.2, 0) is 17.5 Å². The van der Waals surface area contributed by atoms with Gasteiger partial charge in [-0.05, 0) is 43.3 Å². The number of ether oxygens (including phenoxy) is 1. The van der Waals surface area contributed by atoms with Gasteiger partial charge in [-0.1, -0.05) is 16.8 Å². The van der Waals surface area contributed by atoms with Crippen LogP contribution < -0.4 is 5.43 Å². The second-order valence-electron chi connectivity index (χ2n) is 7.20. The highest BCUT2D eigenvalue weighted by molar-refractivity contribution is 6.31. The highest BCUT2D eigenvalue weighted by atomic mass is 35.5. The number of halogens is 5. The first kappa shape index (κ1) is 23.4. The second kappa shape index (κ2) is 8.90. The molecular formula is C22H15ClF4N4O3. The van der Waals surface area contributed by atoms with Crippen molar-refractivity contribution in [3.8, 4) is 5.69 Å². The van der Waals surface area contributed by atoms with Crippen LogP contribution in [0.1, 0.15) is 28.5 Å². The Morgan fingerprint density at radius 3 is 2.50 bits per heavy atom. The van der Waals surface area contributed by atoms with E-state index in [9.17, 15) is 27.2 Å². The van der Waals surface area contributed by atoms with Crippen LogP contribution >= 0.6 is 11.6 Å². The summed E-state index contributed by atoms with van der Waals surface area (Å²) < 4.78 is 60.1. The van der Waals surface area contributed by atoms with Gasteiger partial charge in [0, 0.05) is 11.6 Å². The Hall–Kier alpha value is -3.73. The average molecular weight is 495 g/mol. The standard InChI is InChI=1S/C22H15ClF4N4O3/c1-2-34-21(33)16-11-30(19-8-17(23)18(24)7-15(19)20(16)32)9-13-10-31(29-28-13)14-5-3-12(4-6-14)22(25,26)27/h3-8,10-11H,2,9H2,1H3. The third kappa shape index (κ3) is 4.51. The van der Waals surface area contributed by atoms with Gasteiger partial charge < -0.3 is 9.30 Å². The average Bonchev–Trinajstić information content (AvgIpc) is 3.25. The second-order valence-corrected chi connectivity index (χ2v) is 7.61. The zero-order chi connectivity index (χ0) is 24.6. The lowest BCUT2D eigenvalue weighted by molar-refractivity contribution is -0.137. The molecule has 0 atom stereocenters. The van der Waals surface area contributed by atoms with Gasteiger partial charge in [-0.2, -0.15) is 13.2 Å². The molecule has 0 aliphatic rings. The van der Waals surface area contributed by atoms with Crippen molar-refractivity contribution in [3.05, 3.63) is 86.7 Å². The molecule has 12 heteroatoms. The molecule has 0 aliphatic carbocycles. The Labute approximate surface area is 194 Å². The normalized spacial score (nSPS) is 11.7. The van der Waals surface area contributed by atoms with E-state index in [0.29, 0.717) is 11.4 Å². The van der Waals surface area contributed by atoms with E-state index in [1.165, 1.54) is 39.8 Å². The van der Waals surface area contributed by atoms with Crippen LogP contribution in [0.2, 0.25) is 5.02 Å². The quantitative estimate of drug-likeness (QED) is 0.299. The van der Waals surface area contributed by atoms with Gasteiger partial charge in [0.2, 0.25) is 5.43 Å². The van der Waals surface area contributed by atoms with Gasteiger partial charge in [0.1, 0.15) is 17.1 Å². The summed E-state index contributed by atoms with van der Waals surface area (Å²) >= 11 is 5.90. The van der Waals surface area contributed by atoms with Crippen molar-refractivity contribution in [2.45, 2.75) is 19.6 Å². The van der Waals surface area contributed by atoms with E-state index in [0.717, 1.165) is 18.2 Å². The number of alkyl halides is 3. The minimum atomic E-state index is -4.46. The van der Waals surface area contributed by atoms with Crippen LogP contribution in [0.25, 0.3) is 16.6 Å². The van der Waals surface area contributed by atoms with E-state index in [4.69, 9.17) is 16.3 Å². The molecule has 0 fully saturated rings. The van der Waals surface area contributed by atoms with E-state index in [2.05, 4.69) is 10.3 Å². The zero-order valence-electron chi connectivity index (χ0n) is 17.4. The number of pyridine rings is 1. The molecule has 0 radical (unpaired) electrons. The third-order valence-electron chi connectivity index (χ3n) is 4.95. The maximum absolute atomic E-state index is 14.1. The van der Waals surface area contributed by atoms with E-state index in [1.54, 1.807) is 6.92 Å². The van der Waals surface area contributed by atoms with Crippen molar-refractivity contribution in [2.24, 2.45) is 0 Å². The number of aromatic nitrogens is 4. The molecule has 0 aliphatic heterocycles. The van der Waals surface area contributed by atoms with Crippen LogP contribution in [-0.4, -0.2) is 32.1 Å². The highest BCUT2D eigenvalue weighted by Crippen LogP contribution is 2.29. The minimum absolute atomic E-state index is 0.00815. The Morgan fingerprint density at radius 2 is 1.85 bits per heavy atom. The SMILES string of the molecule is CCOC(=O)c1cn(Cc2cn(-c3ccc(C(F)(F)F)cc3)nn2)c2cc(Cl)c(F)cc2c1=O. The summed E-state index contributed by atoms with van der Waals surface area (Å²) in [6, 6.07) is 6.54. The molecule has 4 aromatic rings. The van der Waals surface area contributed by atoms with E-state index >= 15 is 0 Å². The lowest BCUT2D eigenvalue weighted by Crippen LogP contribution is -2.21. The molecule has 4 rings (SSSR count). The Kier molecular flexibility index (Phi) is 6.13. The predicted octanol–water partition coefficient (Wildman–Crippen LogP) is 4.62. The van der Waals surface area contributed by atoms with Gasteiger partial charge in [0.25, 0.3) is 0 Å². The topological polar surface area (TPSA) is 79.0 Å². The molecule has 0 spiro atoms. The molecule has 2 aromatic heterocycles. The number of carbonyl (C=O) groups excluding carboxylic acids is 1. The third-order valence-corrected chi connectivity index (χ3v) is 5.24. The maximum atomic E-state index is 14.1. The van der Waals surface area contributed by atoms with Gasteiger partial charge >= 0.3 is 12.1 Å². The van der Waals surface area contributed by atoms with Gasteiger partial charge in [0.15, 0.2) is 0 Å². The first-order valence-electron chi connectivity index (χ1n) is 9.86. The fourth-order valence-corrected chi connectivity index (χ4v) is 3.50. The largest absolute Gasteiger partial charge is 0.462 e. The molecule has 0 bridgehead atoms. The van der Waals surface area contributed by atoms with Crippen LogP contribution in [0.3, 0.4) is 0 Å². The van der Waals surface area contributed by atoms with Crippen LogP contribution in [0, 0.1) is 5.82 Å². The van der Waals surface area contributed by atoms with Crippen molar-refractivity contribution in [1.29, 1.82) is 0 Å². The summed E-state index contributed by atoms with van der Waals surface area (Å²) in [4.78, 5) is 25.0. The Bertz CT molecular complexity index is 1450. The lowest BCUT2D eigenvalue weighted by atomic mass is 10.1. The van der Waals surface area contributed by atoms with E-state index in [1.807, 2.05) is 0 Å². The summed E-state index contributed by atoms with van der Waals surface area (Å²) in [5.41, 5.74) is -0.880. The highest BCUT2D eigenvalue weighted by Gasteiger charge is 2.30. The molecule has 0 N–H and O–H groups in total. The Balaban J connectivity index is 1.74. The van der Waals surface area contributed by atoms with Gasteiger partial charge in [0.05, 0.1) is 41.1 Å². The van der Waals surface area contributed by atoms with Gasteiger partial charge in [-0.3, -0.25) is 4.79 Å². The lowest BCUT2D eigenvalue weighted by Gasteiger charge is -2.12. The number of nitrogens with zero attached hydrogens (tertiary/aromatic N) is 4. The molecular weight excluding hydrogens is 480 g/mol. The van der Waals surface area contributed by atoms with Crippen LogP contribution in [0.15, 0.2) is 53.6 Å². The van der Waals surface area contributed by atoms with E-state index < -0.39 is 29.0 Å². The molecule has 7 nitrogen and oxygen atoms in total. The van der Waals surface area contributed by atoms with Crippen molar-refractivity contribution < 1.29 is 27.1 Å². The molecule has 2 aromatic carbocycles. The number of esters is 1. The first-order valence-corrected chi connectivity index (χ1v) is 10.2. The number of hydrogen-bond acceptors (Lipinski definition) is 5. The number of benzene rings is 2. The molecule has 0 saturated heterocycles. The van der Waals surface area contributed by atoms with Crippen LogP contribution in [0.4, 0.5) is 17.6 Å². The summed E-state index contributed by atoms with van der Waals surface area (Å²) in [5.74, 6) is -1.70. The smallest absolute Gasteiger partial charge is 0.416 e. The molecule has 0 unspecified atom stereocenters. The summed E-state index contributed by atoms with van der Waals surface area (Å²) in [5, 5.41) is 7.63. The van der Waals surface area contributed by atoms with Gasteiger partial charge in [-0.25, -0.2) is 13.9 Å². The van der Waals surface area contributed by atoms with Crippen molar-refractivity contribution in [2.75, 3.05) is 6.61 Å². The number of hydrogen-bond donors (Lipinski definition) is 0. The maximum Gasteiger partial charge on any atom is 0.416 e. The summed E-state index contributed by atoms with van der Waals surface area (Å²) in [6.45, 7) is 1.61. The predicted molar refractivity (Wildman–Crippen MR) is 115 cm³/mol. The fraction of sp³-hybridized carbons (Fsp3) is 0.182. The van der Waals surface area contributed by atoms with Crippen molar-refractivity contribution in [3.63, 3.8) is 0 Å². The number of carbonyl (C=O) groups is 1. The Morgan fingerprint density at radius 1 is 1.15 bits per heavy atom. The molecule has 0 saturated carbocycles. The zero-order valence-corrected chi connectivity index (χ0v) is 18.2. The molecule has 2 heterocycles. The van der Waals surface area contributed by atoms with Crippen molar-refractivity contribution in [1.82, 2.24) is 19.6 Å². The number of fused-ring (bicyclic) bond motifs is 1. The first-order chi connectivity index (χ1) is 16.1. The summed E-state index contributed by atoms with van der Waals surface area (Å²) in [6.07, 6.45) is -1.73. The fourth-order valence-electron chi connectivity index (χ4n) is 3.34. The van der Waals surface area contributed by atoms with E-state index in [-0.39, 0.29) is 34.6 Å².